The first-order chi connectivity index (χ1) is 18.9. The third kappa shape index (κ3) is 8.31. The van der Waals surface area contributed by atoms with Crippen LogP contribution in [-0.4, -0.2) is 58.2 Å². The summed E-state index contributed by atoms with van der Waals surface area (Å²) >= 11 is 0. The number of ether oxygens (including phenoxy) is 3. The van der Waals surface area contributed by atoms with E-state index in [4.69, 9.17) is 19.2 Å². The van der Waals surface area contributed by atoms with E-state index in [1.54, 1.807) is 7.11 Å². The van der Waals surface area contributed by atoms with Crippen LogP contribution in [0.15, 0.2) is 54.6 Å². The van der Waals surface area contributed by atoms with Crippen LogP contribution in [0, 0.1) is 0 Å². The number of rotatable bonds is 13. The lowest BCUT2D eigenvalue weighted by Gasteiger charge is -2.18. The van der Waals surface area contributed by atoms with E-state index in [-0.39, 0.29) is 18.1 Å². The van der Waals surface area contributed by atoms with E-state index in [1.807, 2.05) is 30.3 Å². The monoisotopic (exact) mass is 579 g/mol. The lowest BCUT2D eigenvalue weighted by molar-refractivity contribution is 0.0892. The standard InChI is InChI=1S/C31H45N3O4Si2/c1-36-25-15-13-23(14-16-25)29-28(26-21-27(26)32-31(35)38-18-20-40(5,6)7)33-30(24-11-9-8-10-12-24)34(29)22-37-17-19-39(2,3)4/h8-16,26-27H,17-22H2,1-7H3,(H,32,35)/t26-,27-/m0/s1. The average Bonchev–Trinajstić information content (AvgIpc) is 3.55. The van der Waals surface area contributed by atoms with Crippen LogP contribution in [0.2, 0.25) is 51.4 Å². The zero-order valence-electron chi connectivity index (χ0n) is 25.1. The van der Waals surface area contributed by atoms with Crippen molar-refractivity contribution in [1.29, 1.82) is 0 Å². The lowest BCUT2D eigenvalue weighted by Crippen LogP contribution is -2.30. The molecule has 1 heterocycles. The average molecular weight is 580 g/mol. The molecule has 0 aliphatic heterocycles. The van der Waals surface area contributed by atoms with Gasteiger partial charge in [-0.3, -0.25) is 4.57 Å². The second kappa shape index (κ2) is 12.7. The molecule has 1 fully saturated rings. The molecule has 1 amide bonds. The second-order valence-electron chi connectivity index (χ2n) is 13.1. The number of carbonyl (C=O) groups excluding carboxylic acids is 1. The van der Waals surface area contributed by atoms with E-state index in [0.717, 1.165) is 59.2 Å². The molecule has 1 saturated carbocycles. The zero-order chi connectivity index (χ0) is 28.9. The summed E-state index contributed by atoms with van der Waals surface area (Å²) in [4.78, 5) is 17.8. The van der Waals surface area contributed by atoms with Crippen molar-refractivity contribution in [1.82, 2.24) is 14.9 Å². The smallest absolute Gasteiger partial charge is 0.407 e. The Morgan fingerprint density at radius 2 is 1.57 bits per heavy atom. The molecule has 2 aromatic carbocycles. The largest absolute Gasteiger partial charge is 0.497 e. The summed E-state index contributed by atoms with van der Waals surface area (Å²) in [6, 6.07) is 20.4. The van der Waals surface area contributed by atoms with Gasteiger partial charge in [0.15, 0.2) is 0 Å². The molecule has 1 aromatic heterocycles. The van der Waals surface area contributed by atoms with Crippen molar-refractivity contribution in [2.24, 2.45) is 0 Å². The van der Waals surface area contributed by atoms with Gasteiger partial charge in [0.05, 0.1) is 25.1 Å². The summed E-state index contributed by atoms with van der Waals surface area (Å²) in [7, 11) is -0.812. The number of hydrogen-bond donors (Lipinski definition) is 1. The SMILES string of the molecule is COc1ccc(-c2c([C@H]3C[C@@H]3NC(=O)OCC[Si](C)(C)C)nc(-c3ccccc3)n2COCC[Si](C)(C)C)cc1. The van der Waals surface area contributed by atoms with Crippen LogP contribution in [0.4, 0.5) is 4.79 Å². The highest BCUT2D eigenvalue weighted by Gasteiger charge is 2.44. The summed E-state index contributed by atoms with van der Waals surface area (Å²) in [5, 5.41) is 3.08. The number of nitrogens with zero attached hydrogens (tertiary/aromatic N) is 2. The van der Waals surface area contributed by atoms with Crippen LogP contribution in [0.3, 0.4) is 0 Å². The molecule has 9 heteroatoms. The van der Waals surface area contributed by atoms with E-state index in [1.165, 1.54) is 0 Å². The summed E-state index contributed by atoms with van der Waals surface area (Å²) < 4.78 is 19.4. The fraction of sp³-hybridized carbons (Fsp3) is 0.484. The molecule has 1 aliphatic rings. The molecular weight excluding hydrogens is 535 g/mol. The zero-order valence-corrected chi connectivity index (χ0v) is 27.1. The van der Waals surface area contributed by atoms with Gasteiger partial charge in [-0.05, 0) is 42.8 Å². The van der Waals surface area contributed by atoms with Crippen LogP contribution in [0.5, 0.6) is 5.75 Å². The third-order valence-electron chi connectivity index (χ3n) is 7.14. The normalized spacial score (nSPS) is 17.0. The molecule has 1 N–H and O–H groups in total. The minimum Gasteiger partial charge on any atom is -0.497 e. The molecule has 0 spiro atoms. The maximum atomic E-state index is 12.6. The number of carbonyl (C=O) groups is 1. The Kier molecular flexibility index (Phi) is 9.58. The molecule has 2 atom stereocenters. The molecule has 3 aromatic rings. The third-order valence-corrected chi connectivity index (χ3v) is 10.5. The molecule has 1 aliphatic carbocycles. The molecular formula is C31H45N3O4Si2. The van der Waals surface area contributed by atoms with Gasteiger partial charge in [-0.1, -0.05) is 69.6 Å². The number of methoxy groups -OCH3 is 1. The van der Waals surface area contributed by atoms with E-state index in [0.29, 0.717) is 13.3 Å². The van der Waals surface area contributed by atoms with E-state index in [9.17, 15) is 4.79 Å². The number of alkyl carbamates (subject to hydrolysis) is 1. The first-order valence-electron chi connectivity index (χ1n) is 14.3. The van der Waals surface area contributed by atoms with Gasteiger partial charge in [0.25, 0.3) is 0 Å². The lowest BCUT2D eigenvalue weighted by atomic mass is 10.1. The van der Waals surface area contributed by atoms with Crippen molar-refractivity contribution in [2.75, 3.05) is 20.3 Å². The van der Waals surface area contributed by atoms with Crippen molar-refractivity contribution in [2.45, 2.75) is 76.5 Å². The van der Waals surface area contributed by atoms with Crippen LogP contribution in [0.1, 0.15) is 18.0 Å². The Morgan fingerprint density at radius 3 is 2.20 bits per heavy atom. The Labute approximate surface area is 241 Å². The molecule has 216 valence electrons. The Morgan fingerprint density at radius 1 is 0.925 bits per heavy atom. The first-order valence-corrected chi connectivity index (χ1v) is 21.7. The summed E-state index contributed by atoms with van der Waals surface area (Å²) in [5.74, 6) is 1.78. The number of amides is 1. The number of nitrogens with one attached hydrogen (secondary N) is 1. The van der Waals surface area contributed by atoms with Crippen molar-refractivity contribution in [3.8, 4) is 28.4 Å². The maximum absolute atomic E-state index is 12.6. The number of aromatic nitrogens is 2. The van der Waals surface area contributed by atoms with E-state index >= 15 is 0 Å². The van der Waals surface area contributed by atoms with Crippen molar-refractivity contribution >= 4 is 22.2 Å². The molecule has 7 nitrogen and oxygen atoms in total. The minimum absolute atomic E-state index is 0.00355. The van der Waals surface area contributed by atoms with E-state index in [2.05, 4.69) is 73.4 Å². The highest BCUT2D eigenvalue weighted by molar-refractivity contribution is 6.76. The topological polar surface area (TPSA) is 74.6 Å². The van der Waals surface area contributed by atoms with Crippen molar-refractivity contribution in [3.63, 3.8) is 0 Å². The maximum Gasteiger partial charge on any atom is 0.407 e. The fourth-order valence-corrected chi connectivity index (χ4v) is 6.02. The van der Waals surface area contributed by atoms with Gasteiger partial charge in [-0.25, -0.2) is 9.78 Å². The molecule has 40 heavy (non-hydrogen) atoms. The number of hydrogen-bond acceptors (Lipinski definition) is 5. The van der Waals surface area contributed by atoms with Crippen molar-refractivity contribution < 1.29 is 19.0 Å². The van der Waals surface area contributed by atoms with Gasteiger partial charge >= 0.3 is 6.09 Å². The van der Waals surface area contributed by atoms with Gasteiger partial charge in [0.2, 0.25) is 0 Å². The van der Waals surface area contributed by atoms with Crippen LogP contribution in [0.25, 0.3) is 22.6 Å². The van der Waals surface area contributed by atoms with Gasteiger partial charge in [0.1, 0.15) is 18.3 Å². The first kappa shape index (κ1) is 30.1. The molecule has 0 unspecified atom stereocenters. The van der Waals surface area contributed by atoms with Gasteiger partial charge in [-0.15, -0.1) is 0 Å². The van der Waals surface area contributed by atoms with Gasteiger partial charge < -0.3 is 19.5 Å². The highest BCUT2D eigenvalue weighted by atomic mass is 28.3. The number of benzene rings is 2. The molecule has 0 bridgehead atoms. The van der Waals surface area contributed by atoms with Crippen LogP contribution < -0.4 is 10.1 Å². The summed E-state index contributed by atoms with van der Waals surface area (Å²) in [6.45, 7) is 15.5. The predicted octanol–water partition coefficient (Wildman–Crippen LogP) is 7.46. The summed E-state index contributed by atoms with van der Waals surface area (Å²) in [5.41, 5.74) is 4.08. The van der Waals surface area contributed by atoms with Crippen LogP contribution in [-0.2, 0) is 16.2 Å². The molecule has 4 rings (SSSR count). The second-order valence-corrected chi connectivity index (χ2v) is 24.3. The molecule has 0 saturated heterocycles. The Hall–Kier alpha value is -2.89. The Balaban J connectivity index is 1.64. The fourth-order valence-electron chi connectivity index (χ4n) is 4.55. The Bertz CT molecular complexity index is 1260. The van der Waals surface area contributed by atoms with Gasteiger partial charge in [-0.2, -0.15) is 0 Å². The molecule has 0 radical (unpaired) electrons. The van der Waals surface area contributed by atoms with Crippen LogP contribution >= 0.6 is 0 Å². The van der Waals surface area contributed by atoms with Gasteiger partial charge in [0, 0.05) is 45.8 Å². The highest BCUT2D eigenvalue weighted by Crippen LogP contribution is 2.46. The predicted molar refractivity (Wildman–Crippen MR) is 168 cm³/mol. The van der Waals surface area contributed by atoms with E-state index < -0.39 is 16.1 Å². The quantitative estimate of drug-likeness (QED) is 0.168. The minimum atomic E-state index is -1.26. The summed E-state index contributed by atoms with van der Waals surface area (Å²) in [6.07, 6.45) is 0.489. The number of imidazole rings is 1. The van der Waals surface area contributed by atoms with Crippen molar-refractivity contribution in [3.05, 3.63) is 60.3 Å².